The average molecular weight is 343 g/mol. The van der Waals surface area contributed by atoms with E-state index in [1.807, 2.05) is 17.5 Å². The van der Waals surface area contributed by atoms with Crippen LogP contribution in [-0.2, 0) is 9.59 Å². The highest BCUT2D eigenvalue weighted by Gasteiger charge is 2.34. The summed E-state index contributed by atoms with van der Waals surface area (Å²) in [6, 6.07) is 8.89. The molecule has 1 fully saturated rings. The Balaban J connectivity index is 1.66. The topological polar surface area (TPSA) is 98.7 Å². The molecule has 0 spiro atoms. The van der Waals surface area contributed by atoms with Crippen LogP contribution < -0.4 is 10.6 Å². The maximum atomic E-state index is 12.2. The largest absolute Gasteiger partial charge is 0.508 e. The number of hydrogen-bond donors (Lipinski definition) is 3. The van der Waals surface area contributed by atoms with Crippen LogP contribution >= 0.6 is 11.3 Å². The maximum absolute atomic E-state index is 12.2. The molecule has 1 aromatic heterocycles. The third kappa shape index (κ3) is 3.44. The minimum Gasteiger partial charge on any atom is -0.508 e. The van der Waals surface area contributed by atoms with Crippen LogP contribution in [0.4, 0.5) is 10.5 Å². The molecule has 0 aliphatic carbocycles. The minimum absolute atomic E-state index is 0.0745. The average Bonchev–Trinajstić information content (AvgIpc) is 3.14. The lowest BCUT2D eigenvalue weighted by Gasteiger charge is -2.11. The van der Waals surface area contributed by atoms with Crippen molar-refractivity contribution >= 4 is 40.9 Å². The Morgan fingerprint density at radius 3 is 2.67 bits per heavy atom. The third-order valence-electron chi connectivity index (χ3n) is 3.24. The fourth-order valence-electron chi connectivity index (χ4n) is 2.12. The van der Waals surface area contributed by atoms with E-state index in [0.29, 0.717) is 5.69 Å². The second kappa shape index (κ2) is 6.55. The zero-order valence-electron chi connectivity index (χ0n) is 12.4. The number of carbonyl (C=O) groups is 3. The number of urea groups is 1. The van der Waals surface area contributed by atoms with Crippen molar-refractivity contribution in [1.82, 2.24) is 10.2 Å². The molecule has 7 nitrogen and oxygen atoms in total. The van der Waals surface area contributed by atoms with Crippen LogP contribution in [0.5, 0.6) is 5.75 Å². The molecule has 122 valence electrons. The summed E-state index contributed by atoms with van der Waals surface area (Å²) in [6.45, 7) is -0.396. The number of aromatic hydroxyl groups is 1. The van der Waals surface area contributed by atoms with Gasteiger partial charge >= 0.3 is 6.03 Å². The first-order chi connectivity index (χ1) is 11.5. The molecule has 0 saturated carbocycles. The quantitative estimate of drug-likeness (QED) is 0.449. The van der Waals surface area contributed by atoms with Gasteiger partial charge in [-0.25, -0.2) is 9.69 Å². The van der Waals surface area contributed by atoms with Crippen LogP contribution in [0.3, 0.4) is 0 Å². The predicted molar refractivity (Wildman–Crippen MR) is 89.3 cm³/mol. The van der Waals surface area contributed by atoms with Crippen molar-refractivity contribution in [3.05, 3.63) is 52.4 Å². The molecule has 0 radical (unpaired) electrons. The molecule has 1 aliphatic heterocycles. The van der Waals surface area contributed by atoms with Gasteiger partial charge in [0.05, 0.1) is 0 Å². The molecule has 2 aromatic rings. The van der Waals surface area contributed by atoms with Crippen LogP contribution in [-0.4, -0.2) is 34.4 Å². The van der Waals surface area contributed by atoms with Gasteiger partial charge in [-0.2, -0.15) is 0 Å². The van der Waals surface area contributed by atoms with Gasteiger partial charge in [-0.05, 0) is 41.8 Å². The number of amides is 4. The number of thiophene rings is 1. The molecule has 1 aromatic carbocycles. The summed E-state index contributed by atoms with van der Waals surface area (Å²) in [7, 11) is 0. The van der Waals surface area contributed by atoms with Crippen molar-refractivity contribution in [3.63, 3.8) is 0 Å². The molecule has 0 atom stereocenters. The van der Waals surface area contributed by atoms with Gasteiger partial charge in [0.1, 0.15) is 18.0 Å². The zero-order valence-corrected chi connectivity index (χ0v) is 13.2. The molecule has 1 saturated heterocycles. The molecule has 0 unspecified atom stereocenters. The number of carbonyl (C=O) groups excluding carboxylic acids is 3. The molecule has 1 aliphatic rings. The van der Waals surface area contributed by atoms with E-state index >= 15 is 0 Å². The van der Waals surface area contributed by atoms with E-state index in [2.05, 4.69) is 10.6 Å². The lowest BCUT2D eigenvalue weighted by molar-refractivity contribution is -0.127. The van der Waals surface area contributed by atoms with E-state index in [9.17, 15) is 19.5 Å². The molecule has 2 heterocycles. The van der Waals surface area contributed by atoms with Gasteiger partial charge in [0.25, 0.3) is 5.91 Å². The first kappa shape index (κ1) is 15.8. The Morgan fingerprint density at radius 1 is 1.25 bits per heavy atom. The molecule has 3 rings (SSSR count). The van der Waals surface area contributed by atoms with E-state index in [0.717, 1.165) is 9.78 Å². The van der Waals surface area contributed by atoms with Gasteiger partial charge in [0.15, 0.2) is 0 Å². The molecular formula is C16H13N3O4S. The van der Waals surface area contributed by atoms with E-state index < -0.39 is 24.4 Å². The molecule has 0 bridgehead atoms. The van der Waals surface area contributed by atoms with Crippen molar-refractivity contribution in [1.29, 1.82) is 0 Å². The summed E-state index contributed by atoms with van der Waals surface area (Å²) in [6.07, 6.45) is 1.57. The molecular weight excluding hydrogens is 330 g/mol. The summed E-state index contributed by atoms with van der Waals surface area (Å²) >= 11 is 1.43. The van der Waals surface area contributed by atoms with Gasteiger partial charge in [-0.15, -0.1) is 11.3 Å². The predicted octanol–water partition coefficient (Wildman–Crippen LogP) is 1.99. The summed E-state index contributed by atoms with van der Waals surface area (Å²) in [4.78, 5) is 37.8. The number of hydrogen-bond acceptors (Lipinski definition) is 5. The highest BCUT2D eigenvalue weighted by atomic mass is 32.1. The van der Waals surface area contributed by atoms with E-state index in [4.69, 9.17) is 0 Å². The minimum atomic E-state index is -0.635. The first-order valence-electron chi connectivity index (χ1n) is 7.00. The molecule has 24 heavy (non-hydrogen) atoms. The van der Waals surface area contributed by atoms with Crippen LogP contribution in [0.15, 0.2) is 47.5 Å². The van der Waals surface area contributed by atoms with Gasteiger partial charge in [-0.3, -0.25) is 9.59 Å². The lowest BCUT2D eigenvalue weighted by Crippen LogP contribution is -2.38. The van der Waals surface area contributed by atoms with Gasteiger partial charge in [0.2, 0.25) is 5.91 Å². The SMILES string of the molecule is O=C(CN1C(=O)N/C(=C\c2cccs2)C1=O)Nc1ccc(O)cc1. The second-order valence-corrected chi connectivity index (χ2v) is 5.97. The van der Waals surface area contributed by atoms with Gasteiger partial charge < -0.3 is 15.7 Å². The van der Waals surface area contributed by atoms with Crippen LogP contribution in [0, 0.1) is 0 Å². The zero-order chi connectivity index (χ0) is 17.1. The van der Waals surface area contributed by atoms with E-state index in [-0.39, 0.29) is 11.4 Å². The molecule has 4 amide bonds. The van der Waals surface area contributed by atoms with Crippen molar-refractivity contribution in [2.75, 3.05) is 11.9 Å². The fourth-order valence-corrected chi connectivity index (χ4v) is 2.78. The molecule has 3 N–H and O–H groups in total. The van der Waals surface area contributed by atoms with Crippen LogP contribution in [0.2, 0.25) is 0 Å². The summed E-state index contributed by atoms with van der Waals surface area (Å²) < 4.78 is 0. The standard InChI is InChI=1S/C16H13N3O4S/c20-11-5-3-10(4-6-11)17-14(21)9-19-15(22)13(18-16(19)23)8-12-2-1-7-24-12/h1-8,20H,9H2,(H,17,21)(H,18,23)/b13-8-. The number of imide groups is 1. The van der Waals surface area contributed by atoms with Crippen molar-refractivity contribution in [2.45, 2.75) is 0 Å². The number of nitrogens with one attached hydrogen (secondary N) is 2. The number of benzene rings is 1. The number of rotatable bonds is 4. The highest BCUT2D eigenvalue weighted by molar-refractivity contribution is 7.10. The van der Waals surface area contributed by atoms with Gasteiger partial charge in [0, 0.05) is 10.6 Å². The summed E-state index contributed by atoms with van der Waals surface area (Å²) in [5.74, 6) is -0.985. The second-order valence-electron chi connectivity index (χ2n) is 4.99. The smallest absolute Gasteiger partial charge is 0.329 e. The monoisotopic (exact) mass is 343 g/mol. The number of phenolic OH excluding ortho intramolecular Hbond substituents is 1. The Morgan fingerprint density at radius 2 is 2.00 bits per heavy atom. The van der Waals surface area contributed by atoms with Gasteiger partial charge in [-0.1, -0.05) is 6.07 Å². The summed E-state index contributed by atoms with van der Waals surface area (Å²) in [5, 5.41) is 16.1. The Bertz CT molecular complexity index is 812. The Hall–Kier alpha value is -3.13. The van der Waals surface area contributed by atoms with Crippen molar-refractivity contribution < 1.29 is 19.5 Å². The lowest BCUT2D eigenvalue weighted by atomic mass is 10.3. The van der Waals surface area contributed by atoms with E-state index in [1.165, 1.54) is 35.6 Å². The van der Waals surface area contributed by atoms with E-state index in [1.54, 1.807) is 6.08 Å². The summed E-state index contributed by atoms with van der Waals surface area (Å²) in [5.41, 5.74) is 0.596. The van der Waals surface area contributed by atoms with Crippen LogP contribution in [0.25, 0.3) is 6.08 Å². The highest BCUT2D eigenvalue weighted by Crippen LogP contribution is 2.18. The third-order valence-corrected chi connectivity index (χ3v) is 4.06. The normalized spacial score (nSPS) is 15.7. The number of phenols is 1. The molecule has 8 heteroatoms. The number of nitrogens with zero attached hydrogens (tertiary/aromatic N) is 1. The number of anilines is 1. The Labute approximate surface area is 141 Å². The van der Waals surface area contributed by atoms with Crippen molar-refractivity contribution in [3.8, 4) is 5.75 Å². The Kier molecular flexibility index (Phi) is 4.30. The first-order valence-corrected chi connectivity index (χ1v) is 7.88. The maximum Gasteiger partial charge on any atom is 0.329 e. The fraction of sp³-hybridized carbons (Fsp3) is 0.0625. The van der Waals surface area contributed by atoms with Crippen molar-refractivity contribution in [2.24, 2.45) is 0 Å². The van der Waals surface area contributed by atoms with Crippen LogP contribution in [0.1, 0.15) is 4.88 Å².